The molecular formula is C16H19N3O. The van der Waals surface area contributed by atoms with Gasteiger partial charge in [0, 0.05) is 5.54 Å². The van der Waals surface area contributed by atoms with Crippen molar-refractivity contribution in [2.24, 2.45) is 0 Å². The van der Waals surface area contributed by atoms with E-state index in [4.69, 9.17) is 0 Å². The average Bonchev–Trinajstić information content (AvgIpc) is 2.92. The summed E-state index contributed by atoms with van der Waals surface area (Å²) in [5.74, 6) is 0.0896. The van der Waals surface area contributed by atoms with Gasteiger partial charge in [0.25, 0.3) is 5.91 Å². The molecule has 1 aromatic heterocycles. The molecule has 104 valence electrons. The van der Waals surface area contributed by atoms with E-state index in [9.17, 15) is 4.79 Å². The lowest BCUT2D eigenvalue weighted by Gasteiger charge is -2.31. The Balaban J connectivity index is 1.89. The van der Waals surface area contributed by atoms with Crippen LogP contribution in [0.25, 0.3) is 0 Å². The maximum atomic E-state index is 12.4. The summed E-state index contributed by atoms with van der Waals surface area (Å²) in [6, 6.07) is 10.2. The van der Waals surface area contributed by atoms with Crippen LogP contribution in [0.1, 0.15) is 42.4 Å². The third-order valence-corrected chi connectivity index (χ3v) is 3.72. The van der Waals surface area contributed by atoms with Crippen LogP contribution >= 0.6 is 0 Å². The van der Waals surface area contributed by atoms with Gasteiger partial charge >= 0.3 is 0 Å². The van der Waals surface area contributed by atoms with Crippen molar-refractivity contribution in [2.45, 2.75) is 39.4 Å². The number of rotatable bonds is 2. The SMILES string of the molecule is CC(C)(C)N1Cc2c(cnn2Cc2ccccc2)C1=O. The molecule has 2 aromatic rings. The Morgan fingerprint density at radius 2 is 1.90 bits per heavy atom. The van der Waals surface area contributed by atoms with Gasteiger partial charge in [-0.1, -0.05) is 30.3 Å². The smallest absolute Gasteiger partial charge is 0.258 e. The highest BCUT2D eigenvalue weighted by Gasteiger charge is 2.37. The van der Waals surface area contributed by atoms with E-state index in [1.54, 1.807) is 6.20 Å². The molecule has 2 heterocycles. The van der Waals surface area contributed by atoms with Crippen molar-refractivity contribution in [1.82, 2.24) is 14.7 Å². The molecule has 4 nitrogen and oxygen atoms in total. The highest BCUT2D eigenvalue weighted by Crippen LogP contribution is 2.29. The zero-order valence-electron chi connectivity index (χ0n) is 12.1. The maximum Gasteiger partial charge on any atom is 0.258 e. The van der Waals surface area contributed by atoms with Gasteiger partial charge in [0.05, 0.1) is 30.5 Å². The highest BCUT2D eigenvalue weighted by atomic mass is 16.2. The Labute approximate surface area is 119 Å². The van der Waals surface area contributed by atoms with E-state index in [1.165, 1.54) is 5.56 Å². The lowest BCUT2D eigenvalue weighted by molar-refractivity contribution is 0.0604. The second-order valence-electron chi connectivity index (χ2n) is 6.21. The molecule has 0 saturated heterocycles. The molecule has 4 heteroatoms. The monoisotopic (exact) mass is 269 g/mol. The zero-order valence-corrected chi connectivity index (χ0v) is 12.1. The number of hydrogen-bond donors (Lipinski definition) is 0. The standard InChI is InChI=1S/C16H19N3O/c1-16(2,3)18-11-14-13(15(18)20)9-17-19(14)10-12-7-5-4-6-8-12/h4-9H,10-11H2,1-3H3. The van der Waals surface area contributed by atoms with E-state index < -0.39 is 0 Å². The van der Waals surface area contributed by atoms with Crippen molar-refractivity contribution in [1.29, 1.82) is 0 Å². The second kappa shape index (κ2) is 4.47. The lowest BCUT2D eigenvalue weighted by atomic mass is 10.1. The zero-order chi connectivity index (χ0) is 14.3. The Hall–Kier alpha value is -2.10. The van der Waals surface area contributed by atoms with E-state index in [0.717, 1.165) is 11.3 Å². The van der Waals surface area contributed by atoms with Gasteiger partial charge in [0.2, 0.25) is 0 Å². The summed E-state index contributed by atoms with van der Waals surface area (Å²) >= 11 is 0. The molecule has 3 rings (SSSR count). The molecule has 1 aliphatic rings. The minimum atomic E-state index is -0.159. The van der Waals surface area contributed by atoms with Gasteiger partial charge < -0.3 is 4.90 Å². The van der Waals surface area contributed by atoms with Gasteiger partial charge in [-0.15, -0.1) is 0 Å². The van der Waals surface area contributed by atoms with Crippen LogP contribution in [0.2, 0.25) is 0 Å². The van der Waals surface area contributed by atoms with Crippen LogP contribution in [0.15, 0.2) is 36.5 Å². The summed E-state index contributed by atoms with van der Waals surface area (Å²) in [6.45, 7) is 7.54. The molecule has 0 radical (unpaired) electrons. The van der Waals surface area contributed by atoms with Crippen LogP contribution in [0.3, 0.4) is 0 Å². The fraction of sp³-hybridized carbons (Fsp3) is 0.375. The second-order valence-corrected chi connectivity index (χ2v) is 6.21. The van der Waals surface area contributed by atoms with Crippen LogP contribution in [-0.4, -0.2) is 26.1 Å². The van der Waals surface area contributed by atoms with Gasteiger partial charge in [-0.05, 0) is 26.3 Å². The number of nitrogens with zero attached hydrogens (tertiary/aromatic N) is 3. The minimum Gasteiger partial charge on any atom is -0.328 e. The van der Waals surface area contributed by atoms with Crippen molar-refractivity contribution in [3.63, 3.8) is 0 Å². The number of carbonyl (C=O) groups is 1. The van der Waals surface area contributed by atoms with Crippen LogP contribution in [-0.2, 0) is 13.1 Å². The van der Waals surface area contributed by atoms with E-state index in [2.05, 4.69) is 38.0 Å². The Morgan fingerprint density at radius 1 is 1.20 bits per heavy atom. The van der Waals surface area contributed by atoms with Crippen LogP contribution in [0.4, 0.5) is 0 Å². The number of fused-ring (bicyclic) bond motifs is 1. The van der Waals surface area contributed by atoms with E-state index >= 15 is 0 Å². The summed E-state index contributed by atoms with van der Waals surface area (Å²) in [7, 11) is 0. The first-order chi connectivity index (χ1) is 9.47. The molecule has 20 heavy (non-hydrogen) atoms. The fourth-order valence-electron chi connectivity index (χ4n) is 2.56. The molecule has 0 fully saturated rings. The van der Waals surface area contributed by atoms with Crippen molar-refractivity contribution in [3.05, 3.63) is 53.3 Å². The average molecular weight is 269 g/mol. The highest BCUT2D eigenvalue weighted by molar-refractivity contribution is 5.98. The van der Waals surface area contributed by atoms with Gasteiger partial charge in [-0.3, -0.25) is 9.48 Å². The summed E-state index contributed by atoms with van der Waals surface area (Å²) in [4.78, 5) is 14.3. The summed E-state index contributed by atoms with van der Waals surface area (Å²) in [5, 5.41) is 4.37. The van der Waals surface area contributed by atoms with E-state index in [-0.39, 0.29) is 11.4 Å². The predicted octanol–water partition coefficient (Wildman–Crippen LogP) is 2.69. The normalized spacial score (nSPS) is 14.8. The Kier molecular flexibility index (Phi) is 2.89. The fourth-order valence-corrected chi connectivity index (χ4v) is 2.56. The minimum absolute atomic E-state index is 0.0896. The summed E-state index contributed by atoms with van der Waals surface area (Å²) in [6.07, 6.45) is 1.70. The van der Waals surface area contributed by atoms with E-state index in [1.807, 2.05) is 27.8 Å². The quantitative estimate of drug-likeness (QED) is 0.840. The number of hydrogen-bond acceptors (Lipinski definition) is 2. The summed E-state index contributed by atoms with van der Waals surface area (Å²) < 4.78 is 1.94. The van der Waals surface area contributed by atoms with Crippen molar-refractivity contribution in [3.8, 4) is 0 Å². The Morgan fingerprint density at radius 3 is 2.55 bits per heavy atom. The lowest BCUT2D eigenvalue weighted by Crippen LogP contribution is -2.41. The first-order valence-corrected chi connectivity index (χ1v) is 6.87. The van der Waals surface area contributed by atoms with Gasteiger partial charge in [0.1, 0.15) is 0 Å². The molecule has 1 aliphatic heterocycles. The molecule has 0 bridgehead atoms. The van der Waals surface area contributed by atoms with Gasteiger partial charge in [-0.2, -0.15) is 5.10 Å². The van der Waals surface area contributed by atoms with E-state index in [0.29, 0.717) is 13.1 Å². The molecule has 0 aliphatic carbocycles. The molecule has 0 N–H and O–H groups in total. The van der Waals surface area contributed by atoms with Crippen molar-refractivity contribution in [2.75, 3.05) is 0 Å². The number of carbonyl (C=O) groups excluding carboxylic acids is 1. The maximum absolute atomic E-state index is 12.4. The third-order valence-electron chi connectivity index (χ3n) is 3.72. The molecule has 0 atom stereocenters. The first kappa shape index (κ1) is 12.9. The molecular weight excluding hydrogens is 250 g/mol. The number of amides is 1. The molecule has 0 spiro atoms. The van der Waals surface area contributed by atoms with Crippen LogP contribution in [0.5, 0.6) is 0 Å². The van der Waals surface area contributed by atoms with Gasteiger partial charge in [0.15, 0.2) is 0 Å². The molecule has 1 aromatic carbocycles. The van der Waals surface area contributed by atoms with Gasteiger partial charge in [-0.25, -0.2) is 0 Å². The predicted molar refractivity (Wildman–Crippen MR) is 77.4 cm³/mol. The first-order valence-electron chi connectivity index (χ1n) is 6.87. The van der Waals surface area contributed by atoms with Crippen molar-refractivity contribution < 1.29 is 4.79 Å². The number of benzene rings is 1. The van der Waals surface area contributed by atoms with Crippen molar-refractivity contribution >= 4 is 5.91 Å². The van der Waals surface area contributed by atoms with Crippen LogP contribution in [0, 0.1) is 0 Å². The topological polar surface area (TPSA) is 38.1 Å². The summed E-state index contributed by atoms with van der Waals surface area (Å²) in [5.41, 5.74) is 2.80. The van der Waals surface area contributed by atoms with Crippen LogP contribution < -0.4 is 0 Å². The largest absolute Gasteiger partial charge is 0.328 e. The Bertz CT molecular complexity index is 637. The molecule has 0 unspecified atom stereocenters. The molecule has 1 amide bonds. The molecule has 0 saturated carbocycles. The number of aromatic nitrogens is 2. The third kappa shape index (κ3) is 2.11.